The van der Waals surface area contributed by atoms with Crippen LogP contribution in [0.3, 0.4) is 0 Å². The molecule has 5 nitrogen and oxygen atoms in total. The highest BCUT2D eigenvalue weighted by atomic mass is 16.5. The lowest BCUT2D eigenvalue weighted by molar-refractivity contribution is -0.118. The number of rotatable bonds is 7. The van der Waals surface area contributed by atoms with E-state index in [2.05, 4.69) is 17.2 Å². The Morgan fingerprint density at radius 3 is 2.65 bits per heavy atom. The molecule has 0 saturated carbocycles. The summed E-state index contributed by atoms with van der Waals surface area (Å²) >= 11 is 0. The standard InChI is InChI=1S/C21H22N2O3/c1-2-3-5-15-8-10-16(11-9-15)23-20(24)14-26-19-7-4-6-18-17(19)12-13-22-21(18)25/h4,6-13H,2-3,5,14H2,1H3,(H,22,25)(H,23,24). The van der Waals surface area contributed by atoms with Crippen molar-refractivity contribution in [3.8, 4) is 5.75 Å². The Balaban J connectivity index is 1.61. The van der Waals surface area contributed by atoms with Crippen LogP contribution in [0.4, 0.5) is 5.69 Å². The molecule has 26 heavy (non-hydrogen) atoms. The number of aromatic nitrogens is 1. The molecule has 3 aromatic rings. The molecule has 0 aliphatic heterocycles. The van der Waals surface area contributed by atoms with Crippen molar-refractivity contribution in [1.82, 2.24) is 4.98 Å². The first-order chi connectivity index (χ1) is 12.7. The summed E-state index contributed by atoms with van der Waals surface area (Å²) in [5.74, 6) is 0.270. The lowest BCUT2D eigenvalue weighted by Crippen LogP contribution is -2.20. The van der Waals surface area contributed by atoms with Gasteiger partial charge in [-0.3, -0.25) is 9.59 Å². The number of nitrogens with one attached hydrogen (secondary N) is 2. The van der Waals surface area contributed by atoms with Gasteiger partial charge in [-0.05, 0) is 48.7 Å². The van der Waals surface area contributed by atoms with E-state index in [1.54, 1.807) is 30.5 Å². The summed E-state index contributed by atoms with van der Waals surface area (Å²) in [6.45, 7) is 2.05. The lowest BCUT2D eigenvalue weighted by Gasteiger charge is -2.10. The topological polar surface area (TPSA) is 71.2 Å². The van der Waals surface area contributed by atoms with E-state index in [1.807, 2.05) is 24.3 Å². The van der Waals surface area contributed by atoms with E-state index in [9.17, 15) is 9.59 Å². The highest BCUT2D eigenvalue weighted by molar-refractivity contribution is 5.92. The molecule has 3 rings (SSSR count). The van der Waals surface area contributed by atoms with Crippen LogP contribution >= 0.6 is 0 Å². The second kappa shape index (κ2) is 8.34. The molecule has 2 aromatic carbocycles. The molecule has 0 bridgehead atoms. The summed E-state index contributed by atoms with van der Waals surface area (Å²) < 4.78 is 5.62. The van der Waals surface area contributed by atoms with Gasteiger partial charge in [-0.1, -0.05) is 31.5 Å². The van der Waals surface area contributed by atoms with Gasteiger partial charge in [0.2, 0.25) is 0 Å². The molecule has 0 aliphatic carbocycles. The predicted molar refractivity (Wildman–Crippen MR) is 104 cm³/mol. The van der Waals surface area contributed by atoms with Crippen molar-refractivity contribution in [2.24, 2.45) is 0 Å². The van der Waals surface area contributed by atoms with Gasteiger partial charge < -0.3 is 15.0 Å². The summed E-state index contributed by atoms with van der Waals surface area (Å²) in [5, 5.41) is 4.04. The minimum Gasteiger partial charge on any atom is -0.483 e. The summed E-state index contributed by atoms with van der Waals surface area (Å²) in [5.41, 5.74) is 1.83. The highest BCUT2D eigenvalue weighted by Gasteiger charge is 2.08. The van der Waals surface area contributed by atoms with Gasteiger partial charge >= 0.3 is 0 Å². The van der Waals surface area contributed by atoms with E-state index < -0.39 is 0 Å². The van der Waals surface area contributed by atoms with Crippen LogP contribution in [0.2, 0.25) is 0 Å². The van der Waals surface area contributed by atoms with Gasteiger partial charge in [0.05, 0.1) is 5.39 Å². The quantitative estimate of drug-likeness (QED) is 0.679. The molecule has 1 heterocycles. The average Bonchev–Trinajstić information content (AvgIpc) is 2.66. The van der Waals surface area contributed by atoms with Crippen molar-refractivity contribution >= 4 is 22.4 Å². The first-order valence-corrected chi connectivity index (χ1v) is 8.79. The SMILES string of the molecule is CCCCc1ccc(NC(=O)COc2cccc3c(=O)[nH]ccc23)cc1. The number of carbonyl (C=O) groups is 1. The minimum absolute atomic E-state index is 0.122. The normalized spacial score (nSPS) is 10.7. The van der Waals surface area contributed by atoms with Crippen molar-refractivity contribution in [3.63, 3.8) is 0 Å². The Hall–Kier alpha value is -3.08. The smallest absolute Gasteiger partial charge is 0.262 e. The van der Waals surface area contributed by atoms with Gasteiger partial charge in [0.25, 0.3) is 11.5 Å². The number of H-pyrrole nitrogens is 1. The summed E-state index contributed by atoms with van der Waals surface area (Å²) in [6, 6.07) is 14.8. The van der Waals surface area contributed by atoms with Crippen molar-refractivity contribution in [3.05, 3.63) is 70.6 Å². The molecule has 0 fully saturated rings. The van der Waals surface area contributed by atoms with Crippen LogP contribution in [0.15, 0.2) is 59.5 Å². The van der Waals surface area contributed by atoms with Crippen LogP contribution in [0.5, 0.6) is 5.75 Å². The fourth-order valence-electron chi connectivity index (χ4n) is 2.79. The second-order valence-corrected chi connectivity index (χ2v) is 6.16. The van der Waals surface area contributed by atoms with Gasteiger partial charge in [-0.2, -0.15) is 0 Å². The van der Waals surface area contributed by atoms with Crippen molar-refractivity contribution < 1.29 is 9.53 Å². The highest BCUT2D eigenvalue weighted by Crippen LogP contribution is 2.22. The van der Waals surface area contributed by atoms with Crippen LogP contribution < -0.4 is 15.6 Å². The molecule has 0 spiro atoms. The summed E-state index contributed by atoms with van der Waals surface area (Å²) in [4.78, 5) is 26.6. The number of hydrogen-bond donors (Lipinski definition) is 2. The van der Waals surface area contributed by atoms with E-state index in [-0.39, 0.29) is 18.1 Å². The molecule has 0 radical (unpaired) electrons. The van der Waals surface area contributed by atoms with E-state index in [4.69, 9.17) is 4.74 Å². The Kier molecular flexibility index (Phi) is 5.69. The summed E-state index contributed by atoms with van der Waals surface area (Å²) in [7, 11) is 0. The molecule has 2 N–H and O–H groups in total. The van der Waals surface area contributed by atoms with Crippen molar-refractivity contribution in [2.75, 3.05) is 11.9 Å². The average molecular weight is 350 g/mol. The minimum atomic E-state index is -0.242. The number of aryl methyl sites for hydroxylation is 1. The number of hydrogen-bond acceptors (Lipinski definition) is 3. The van der Waals surface area contributed by atoms with Gasteiger partial charge in [-0.25, -0.2) is 0 Å². The van der Waals surface area contributed by atoms with Crippen molar-refractivity contribution in [2.45, 2.75) is 26.2 Å². The Labute approximate surface area is 152 Å². The Morgan fingerprint density at radius 1 is 1.08 bits per heavy atom. The molecule has 1 aromatic heterocycles. The third-order valence-corrected chi connectivity index (χ3v) is 4.19. The third kappa shape index (κ3) is 4.30. The first kappa shape index (κ1) is 17.7. The van der Waals surface area contributed by atoms with Crippen LogP contribution in [-0.4, -0.2) is 17.5 Å². The van der Waals surface area contributed by atoms with Crippen molar-refractivity contribution in [1.29, 1.82) is 0 Å². The molecule has 134 valence electrons. The largest absolute Gasteiger partial charge is 0.483 e. The Morgan fingerprint density at radius 2 is 1.88 bits per heavy atom. The fourth-order valence-corrected chi connectivity index (χ4v) is 2.79. The summed E-state index contributed by atoms with van der Waals surface area (Å²) in [6.07, 6.45) is 4.94. The number of aromatic amines is 1. The zero-order chi connectivity index (χ0) is 18.4. The number of anilines is 1. The zero-order valence-corrected chi connectivity index (χ0v) is 14.7. The second-order valence-electron chi connectivity index (χ2n) is 6.16. The van der Waals surface area contributed by atoms with Crippen LogP contribution in [0.25, 0.3) is 10.8 Å². The number of amides is 1. The maximum absolute atomic E-state index is 12.1. The fraction of sp³-hybridized carbons (Fsp3) is 0.238. The van der Waals surface area contributed by atoms with Gasteiger partial charge in [-0.15, -0.1) is 0 Å². The number of carbonyl (C=O) groups excluding carboxylic acids is 1. The molecule has 1 amide bonds. The molecule has 0 unspecified atom stereocenters. The number of benzene rings is 2. The molecule has 0 saturated heterocycles. The van der Waals surface area contributed by atoms with E-state index in [0.29, 0.717) is 16.5 Å². The van der Waals surface area contributed by atoms with Crippen LogP contribution in [-0.2, 0) is 11.2 Å². The molecule has 0 aliphatic rings. The van der Waals surface area contributed by atoms with Gasteiger partial charge in [0, 0.05) is 17.3 Å². The predicted octanol–water partition coefficient (Wildman–Crippen LogP) is 3.89. The molecule has 0 atom stereocenters. The van der Waals surface area contributed by atoms with E-state index >= 15 is 0 Å². The van der Waals surface area contributed by atoms with E-state index in [0.717, 1.165) is 24.9 Å². The van der Waals surface area contributed by atoms with Gasteiger partial charge in [0.15, 0.2) is 6.61 Å². The molecular formula is C21H22N2O3. The number of ether oxygens (including phenoxy) is 1. The van der Waals surface area contributed by atoms with Gasteiger partial charge in [0.1, 0.15) is 5.75 Å². The number of fused-ring (bicyclic) bond motifs is 1. The molecule has 5 heteroatoms. The third-order valence-electron chi connectivity index (χ3n) is 4.19. The lowest BCUT2D eigenvalue weighted by atomic mass is 10.1. The zero-order valence-electron chi connectivity index (χ0n) is 14.7. The monoisotopic (exact) mass is 350 g/mol. The Bertz CT molecular complexity index is 945. The van der Waals surface area contributed by atoms with E-state index in [1.165, 1.54) is 5.56 Å². The maximum Gasteiger partial charge on any atom is 0.262 e. The maximum atomic E-state index is 12.1. The van der Waals surface area contributed by atoms with Crippen LogP contribution in [0, 0.1) is 0 Å². The van der Waals surface area contributed by atoms with Crippen LogP contribution in [0.1, 0.15) is 25.3 Å². The number of pyridine rings is 1. The number of unbranched alkanes of at least 4 members (excludes halogenated alkanes) is 1. The first-order valence-electron chi connectivity index (χ1n) is 8.79. The molecular weight excluding hydrogens is 328 g/mol.